The number of piperidine rings is 1. The molecule has 0 bridgehead atoms. The van der Waals surface area contributed by atoms with Gasteiger partial charge in [0, 0.05) is 24.0 Å². The Labute approximate surface area is 172 Å². The summed E-state index contributed by atoms with van der Waals surface area (Å²) in [6.07, 6.45) is 3.78. The molecular formula is C22H27N3O2S. The lowest BCUT2D eigenvalue weighted by molar-refractivity contribution is 0.0974. The lowest BCUT2D eigenvalue weighted by Crippen LogP contribution is -2.37. The number of ether oxygens (including phenoxy) is 1. The van der Waals surface area contributed by atoms with Gasteiger partial charge in [0.2, 0.25) is 0 Å². The minimum absolute atomic E-state index is 0.257. The fourth-order valence-corrected chi connectivity index (χ4v) is 3.86. The lowest BCUT2D eigenvalue weighted by atomic mass is 10.0. The van der Waals surface area contributed by atoms with E-state index >= 15 is 0 Å². The number of amides is 1. The second kappa shape index (κ2) is 9.06. The van der Waals surface area contributed by atoms with Crippen molar-refractivity contribution in [2.24, 2.45) is 0 Å². The Balaban J connectivity index is 1.62. The number of methoxy groups -OCH3 is 1. The Morgan fingerprint density at radius 2 is 1.93 bits per heavy atom. The van der Waals surface area contributed by atoms with E-state index in [9.17, 15) is 4.79 Å². The van der Waals surface area contributed by atoms with Crippen molar-refractivity contribution in [2.45, 2.75) is 39.2 Å². The van der Waals surface area contributed by atoms with E-state index in [1.165, 1.54) is 24.9 Å². The molecule has 6 heteroatoms. The molecule has 0 aliphatic carbocycles. The molecule has 3 rings (SSSR count). The predicted molar refractivity (Wildman–Crippen MR) is 119 cm³/mol. The summed E-state index contributed by atoms with van der Waals surface area (Å²) >= 11 is 5.31. The van der Waals surface area contributed by atoms with E-state index in [0.717, 1.165) is 17.8 Å². The molecule has 1 heterocycles. The van der Waals surface area contributed by atoms with Gasteiger partial charge in [-0.2, -0.15) is 0 Å². The summed E-state index contributed by atoms with van der Waals surface area (Å²) in [5.41, 5.74) is 3.42. The molecule has 0 aromatic heterocycles. The zero-order valence-corrected chi connectivity index (χ0v) is 17.4. The number of hydrogen-bond donors (Lipinski definition) is 2. The van der Waals surface area contributed by atoms with Crippen molar-refractivity contribution in [3.05, 3.63) is 53.6 Å². The van der Waals surface area contributed by atoms with Crippen LogP contribution in [0.4, 0.5) is 11.4 Å². The fourth-order valence-electron chi connectivity index (χ4n) is 3.65. The number of carbonyl (C=O) groups is 1. The van der Waals surface area contributed by atoms with Crippen LogP contribution in [-0.4, -0.2) is 30.7 Å². The van der Waals surface area contributed by atoms with Crippen molar-refractivity contribution in [2.75, 3.05) is 23.9 Å². The van der Waals surface area contributed by atoms with Crippen LogP contribution in [0.25, 0.3) is 0 Å². The van der Waals surface area contributed by atoms with Gasteiger partial charge in [-0.3, -0.25) is 10.1 Å². The van der Waals surface area contributed by atoms with Gasteiger partial charge in [-0.15, -0.1) is 0 Å². The normalized spacial score (nSPS) is 16.4. The number of anilines is 2. The summed E-state index contributed by atoms with van der Waals surface area (Å²) in [7, 11) is 1.56. The van der Waals surface area contributed by atoms with Crippen LogP contribution in [0.15, 0.2) is 42.5 Å². The highest BCUT2D eigenvalue weighted by Gasteiger charge is 2.18. The van der Waals surface area contributed by atoms with Crippen LogP contribution in [0.3, 0.4) is 0 Å². The highest BCUT2D eigenvalue weighted by molar-refractivity contribution is 7.80. The number of carbonyl (C=O) groups excluding carboxylic acids is 1. The maximum atomic E-state index is 12.5. The average Bonchev–Trinajstić information content (AvgIpc) is 2.68. The Bertz CT molecular complexity index is 851. The monoisotopic (exact) mass is 397 g/mol. The van der Waals surface area contributed by atoms with Crippen molar-refractivity contribution in [3.8, 4) is 5.75 Å². The zero-order valence-electron chi connectivity index (χ0n) is 16.6. The third kappa shape index (κ3) is 4.62. The topological polar surface area (TPSA) is 53.6 Å². The molecule has 1 saturated heterocycles. The summed E-state index contributed by atoms with van der Waals surface area (Å²) < 4.78 is 5.35. The van der Waals surface area contributed by atoms with E-state index < -0.39 is 0 Å². The average molecular weight is 398 g/mol. The number of thiocarbonyl (C=S) groups is 1. The van der Waals surface area contributed by atoms with Crippen LogP contribution in [0.5, 0.6) is 5.75 Å². The number of aryl methyl sites for hydroxylation is 1. The van der Waals surface area contributed by atoms with Crippen LogP contribution < -0.4 is 20.3 Å². The molecule has 148 valence electrons. The van der Waals surface area contributed by atoms with Crippen molar-refractivity contribution in [1.82, 2.24) is 5.32 Å². The van der Waals surface area contributed by atoms with Crippen LogP contribution in [0, 0.1) is 6.92 Å². The first kappa shape index (κ1) is 20.1. The molecule has 2 N–H and O–H groups in total. The Morgan fingerprint density at radius 1 is 1.18 bits per heavy atom. The quantitative estimate of drug-likeness (QED) is 0.744. The van der Waals surface area contributed by atoms with Crippen molar-refractivity contribution >= 4 is 34.6 Å². The molecule has 1 amide bonds. The van der Waals surface area contributed by atoms with Gasteiger partial charge in [-0.1, -0.05) is 12.1 Å². The van der Waals surface area contributed by atoms with Crippen LogP contribution in [-0.2, 0) is 0 Å². The van der Waals surface area contributed by atoms with E-state index in [1.54, 1.807) is 13.2 Å². The Morgan fingerprint density at radius 3 is 2.61 bits per heavy atom. The first-order valence-corrected chi connectivity index (χ1v) is 10.0. The summed E-state index contributed by atoms with van der Waals surface area (Å²) in [4.78, 5) is 15.0. The highest BCUT2D eigenvalue weighted by atomic mass is 32.1. The molecule has 0 spiro atoms. The third-order valence-corrected chi connectivity index (χ3v) is 5.35. The Kier molecular flexibility index (Phi) is 6.52. The SMILES string of the molecule is COc1c(C)cccc1C(=O)NC(=S)Nc1ccc(N2CCCC[C@H]2C)cc1. The number of para-hydroxylation sites is 1. The number of rotatable bonds is 4. The van der Waals surface area contributed by atoms with Crippen molar-refractivity contribution in [1.29, 1.82) is 0 Å². The van der Waals surface area contributed by atoms with Gasteiger partial charge < -0.3 is 15.0 Å². The molecule has 0 saturated carbocycles. The second-order valence-corrected chi connectivity index (χ2v) is 7.56. The molecule has 1 fully saturated rings. The smallest absolute Gasteiger partial charge is 0.261 e. The molecule has 5 nitrogen and oxygen atoms in total. The first-order valence-electron chi connectivity index (χ1n) is 9.62. The molecule has 1 aliphatic heterocycles. The molecule has 2 aromatic rings. The van der Waals surface area contributed by atoms with Gasteiger partial charge in [-0.25, -0.2) is 0 Å². The molecule has 1 atom stereocenters. The summed E-state index contributed by atoms with van der Waals surface area (Å²) in [5.74, 6) is 0.264. The summed E-state index contributed by atoms with van der Waals surface area (Å²) in [6.45, 7) is 5.27. The summed E-state index contributed by atoms with van der Waals surface area (Å²) in [5, 5.41) is 6.06. The molecule has 28 heavy (non-hydrogen) atoms. The van der Waals surface area contributed by atoms with Gasteiger partial charge in [0.05, 0.1) is 12.7 Å². The zero-order chi connectivity index (χ0) is 20.1. The van der Waals surface area contributed by atoms with Gasteiger partial charge in [0.15, 0.2) is 5.11 Å². The highest BCUT2D eigenvalue weighted by Crippen LogP contribution is 2.26. The molecular weight excluding hydrogens is 370 g/mol. The van der Waals surface area contributed by atoms with E-state index in [-0.39, 0.29) is 11.0 Å². The summed E-state index contributed by atoms with van der Waals surface area (Å²) in [6, 6.07) is 14.2. The maximum Gasteiger partial charge on any atom is 0.261 e. The van der Waals surface area contributed by atoms with E-state index in [4.69, 9.17) is 17.0 Å². The van der Waals surface area contributed by atoms with E-state index in [2.05, 4.69) is 34.6 Å². The van der Waals surface area contributed by atoms with E-state index in [1.807, 2.05) is 31.2 Å². The lowest BCUT2D eigenvalue weighted by Gasteiger charge is -2.35. The maximum absolute atomic E-state index is 12.5. The molecule has 1 aliphatic rings. The van der Waals surface area contributed by atoms with E-state index in [0.29, 0.717) is 17.4 Å². The third-order valence-electron chi connectivity index (χ3n) is 5.15. The van der Waals surface area contributed by atoms with Crippen molar-refractivity contribution < 1.29 is 9.53 Å². The van der Waals surface area contributed by atoms with Crippen LogP contribution in [0.1, 0.15) is 42.1 Å². The fraction of sp³-hybridized carbons (Fsp3) is 0.364. The molecule has 0 radical (unpaired) electrons. The standard InChI is InChI=1S/C22H27N3O2S/c1-15-7-6-9-19(20(15)27-3)21(26)24-22(28)23-17-10-12-18(13-11-17)25-14-5-4-8-16(25)2/h6-7,9-13,16H,4-5,8,14H2,1-3H3,(H2,23,24,26,28)/t16-/m1/s1. The molecule has 0 unspecified atom stereocenters. The second-order valence-electron chi connectivity index (χ2n) is 7.15. The largest absolute Gasteiger partial charge is 0.496 e. The number of hydrogen-bond acceptors (Lipinski definition) is 4. The minimum Gasteiger partial charge on any atom is -0.496 e. The predicted octanol–water partition coefficient (Wildman–Crippen LogP) is 4.51. The first-order chi connectivity index (χ1) is 13.5. The van der Waals surface area contributed by atoms with Gasteiger partial charge in [-0.05, 0) is 81.2 Å². The van der Waals surface area contributed by atoms with Gasteiger partial charge in [0.1, 0.15) is 5.75 Å². The van der Waals surface area contributed by atoms with Gasteiger partial charge in [0.25, 0.3) is 5.91 Å². The van der Waals surface area contributed by atoms with Gasteiger partial charge >= 0.3 is 0 Å². The van der Waals surface area contributed by atoms with Crippen LogP contribution in [0.2, 0.25) is 0 Å². The minimum atomic E-state index is -0.295. The number of nitrogens with zero attached hydrogens (tertiary/aromatic N) is 1. The Hall–Kier alpha value is -2.60. The van der Waals surface area contributed by atoms with Crippen LogP contribution >= 0.6 is 12.2 Å². The number of benzene rings is 2. The number of nitrogens with one attached hydrogen (secondary N) is 2. The van der Waals surface area contributed by atoms with Crippen molar-refractivity contribution in [3.63, 3.8) is 0 Å². The molecule has 2 aromatic carbocycles.